The van der Waals surface area contributed by atoms with E-state index in [1.165, 1.54) is 6.33 Å². The fourth-order valence-corrected chi connectivity index (χ4v) is 2.82. The number of H-pyrrole nitrogens is 2. The molecule has 3 heterocycles. The molecule has 1 amide bonds. The summed E-state index contributed by atoms with van der Waals surface area (Å²) >= 11 is 0. The van der Waals surface area contributed by atoms with E-state index in [9.17, 15) is 14.0 Å². The lowest BCUT2D eigenvalue weighted by atomic mass is 10.2. The number of carbonyl (C=O) groups is 1. The highest BCUT2D eigenvalue weighted by Gasteiger charge is 2.31. The highest BCUT2D eigenvalue weighted by molar-refractivity contribution is 5.90. The first kappa shape index (κ1) is 14.8. The molecule has 4 rings (SSSR count). The van der Waals surface area contributed by atoms with Crippen LogP contribution in [-0.2, 0) is 0 Å². The quantitative estimate of drug-likeness (QED) is 0.809. The van der Waals surface area contributed by atoms with Gasteiger partial charge in [-0.05, 0) is 12.8 Å². The summed E-state index contributed by atoms with van der Waals surface area (Å²) in [4.78, 5) is 38.1. The van der Waals surface area contributed by atoms with Crippen molar-refractivity contribution in [2.45, 2.75) is 18.8 Å². The van der Waals surface area contributed by atoms with Gasteiger partial charge in [-0.25, -0.2) is 9.97 Å². The van der Waals surface area contributed by atoms with Crippen LogP contribution in [0.5, 0.6) is 0 Å². The van der Waals surface area contributed by atoms with Crippen molar-refractivity contribution in [1.29, 1.82) is 0 Å². The molecule has 0 bridgehead atoms. The number of amides is 1. The zero-order valence-electron chi connectivity index (χ0n) is 12.8. The molecule has 9 nitrogen and oxygen atoms in total. The van der Waals surface area contributed by atoms with E-state index in [0.29, 0.717) is 32.1 Å². The molecule has 2 N–H and O–H groups in total. The van der Waals surface area contributed by atoms with Crippen molar-refractivity contribution in [2.24, 2.45) is 0 Å². The Balaban J connectivity index is 1.48. The number of rotatable bonds is 3. The summed E-state index contributed by atoms with van der Waals surface area (Å²) in [5.41, 5.74) is -0.476. The molecule has 1 saturated carbocycles. The number of carbonyl (C=O) groups excluding carboxylic acids is 1. The average molecular weight is 333 g/mol. The number of hydrogen-bond acceptors (Lipinski definition) is 6. The number of nitrogens with one attached hydrogen (secondary N) is 2. The van der Waals surface area contributed by atoms with Gasteiger partial charge in [-0.2, -0.15) is 9.49 Å². The first-order chi connectivity index (χ1) is 11.6. The molecule has 0 radical (unpaired) electrons. The molecule has 1 saturated heterocycles. The molecular weight excluding hydrogens is 317 g/mol. The van der Waals surface area contributed by atoms with Gasteiger partial charge in [-0.15, -0.1) is 0 Å². The topological polar surface area (TPSA) is 111 Å². The molecule has 2 aromatic rings. The number of nitrogens with zero attached hydrogens (tertiary/aromatic N) is 5. The van der Waals surface area contributed by atoms with E-state index in [1.54, 1.807) is 4.90 Å². The zero-order chi connectivity index (χ0) is 16.7. The molecule has 10 heteroatoms. The molecule has 1 aliphatic carbocycles. The predicted octanol–water partition coefficient (Wildman–Crippen LogP) is -0.133. The zero-order valence-corrected chi connectivity index (χ0v) is 12.8. The van der Waals surface area contributed by atoms with Crippen LogP contribution < -0.4 is 10.5 Å². The van der Waals surface area contributed by atoms with Crippen LogP contribution in [-0.4, -0.2) is 62.1 Å². The maximum absolute atomic E-state index is 13.9. The first-order valence-corrected chi connectivity index (χ1v) is 7.83. The Bertz CT molecular complexity index is 807. The van der Waals surface area contributed by atoms with Gasteiger partial charge in [-0.1, -0.05) is 0 Å². The summed E-state index contributed by atoms with van der Waals surface area (Å²) in [7, 11) is 0. The number of piperazine rings is 1. The minimum absolute atomic E-state index is 0.0559. The Morgan fingerprint density at radius 3 is 2.62 bits per heavy atom. The van der Waals surface area contributed by atoms with Gasteiger partial charge >= 0.3 is 0 Å². The maximum atomic E-state index is 13.9. The van der Waals surface area contributed by atoms with E-state index in [2.05, 4.69) is 25.1 Å². The lowest BCUT2D eigenvalue weighted by Crippen LogP contribution is -2.50. The largest absolute Gasteiger partial charge is 0.339 e. The lowest BCUT2D eigenvalue weighted by Gasteiger charge is -2.34. The molecule has 2 aromatic heterocycles. The van der Waals surface area contributed by atoms with Crippen LogP contribution in [0.2, 0.25) is 0 Å². The van der Waals surface area contributed by atoms with E-state index in [1.807, 2.05) is 4.90 Å². The van der Waals surface area contributed by atoms with Gasteiger partial charge in [0.2, 0.25) is 17.6 Å². The summed E-state index contributed by atoms with van der Waals surface area (Å²) in [5, 5.41) is 6.22. The minimum atomic E-state index is -0.777. The van der Waals surface area contributed by atoms with Crippen LogP contribution in [0, 0.1) is 5.82 Å². The van der Waals surface area contributed by atoms with Crippen LogP contribution in [0.4, 0.5) is 10.3 Å². The van der Waals surface area contributed by atoms with Crippen molar-refractivity contribution >= 4 is 11.9 Å². The van der Waals surface area contributed by atoms with Crippen molar-refractivity contribution in [3.8, 4) is 0 Å². The Morgan fingerprint density at radius 1 is 1.25 bits per heavy atom. The Kier molecular flexibility index (Phi) is 3.51. The van der Waals surface area contributed by atoms with Gasteiger partial charge < -0.3 is 9.80 Å². The first-order valence-electron chi connectivity index (χ1n) is 7.83. The minimum Gasteiger partial charge on any atom is -0.339 e. The summed E-state index contributed by atoms with van der Waals surface area (Å²) in [5.74, 6) is -0.366. The Labute approximate surface area is 135 Å². The second-order valence-electron chi connectivity index (χ2n) is 5.98. The van der Waals surface area contributed by atoms with E-state index in [0.717, 1.165) is 12.8 Å². The third-order valence-electron chi connectivity index (χ3n) is 4.32. The lowest BCUT2D eigenvalue weighted by molar-refractivity contribution is 0.0734. The summed E-state index contributed by atoms with van der Waals surface area (Å²) < 4.78 is 13.9. The van der Waals surface area contributed by atoms with Gasteiger partial charge in [0.25, 0.3) is 11.5 Å². The normalized spacial score (nSPS) is 18.0. The maximum Gasteiger partial charge on any atom is 0.291 e. The second-order valence-corrected chi connectivity index (χ2v) is 5.98. The smallest absolute Gasteiger partial charge is 0.291 e. The number of aromatic amines is 2. The fourth-order valence-electron chi connectivity index (χ4n) is 2.82. The third-order valence-corrected chi connectivity index (χ3v) is 4.32. The number of halogens is 1. The number of aromatic nitrogens is 5. The molecule has 2 fully saturated rings. The molecule has 24 heavy (non-hydrogen) atoms. The third kappa shape index (κ3) is 2.63. The van der Waals surface area contributed by atoms with Gasteiger partial charge in [0.15, 0.2) is 0 Å². The van der Waals surface area contributed by atoms with E-state index < -0.39 is 11.4 Å². The molecule has 126 valence electrons. The SMILES string of the molecule is O=C(c1ncn[nH]1)N1CCN(c2nc(C3CC3)c(F)c(=O)[nH]2)CC1. The van der Waals surface area contributed by atoms with Gasteiger partial charge in [0.05, 0.1) is 5.69 Å². The number of hydrogen-bond donors (Lipinski definition) is 2. The molecule has 0 aromatic carbocycles. The van der Waals surface area contributed by atoms with E-state index in [-0.39, 0.29) is 23.3 Å². The summed E-state index contributed by atoms with van der Waals surface area (Å²) in [6.07, 6.45) is 3.02. The highest BCUT2D eigenvalue weighted by atomic mass is 19.1. The van der Waals surface area contributed by atoms with Crippen LogP contribution in [0.1, 0.15) is 35.1 Å². The van der Waals surface area contributed by atoms with Crippen molar-refractivity contribution < 1.29 is 9.18 Å². The highest BCUT2D eigenvalue weighted by Crippen LogP contribution is 2.39. The van der Waals surface area contributed by atoms with Crippen molar-refractivity contribution in [3.63, 3.8) is 0 Å². The Morgan fingerprint density at radius 2 is 2.00 bits per heavy atom. The number of anilines is 1. The Hall–Kier alpha value is -2.78. The van der Waals surface area contributed by atoms with Gasteiger partial charge in [-0.3, -0.25) is 19.7 Å². The summed E-state index contributed by atoms with van der Waals surface area (Å²) in [6, 6.07) is 0. The molecule has 0 spiro atoms. The standard InChI is InChI=1S/C14H16FN7O2/c15-9-10(8-1-2-8)18-14(19-12(9)23)22-5-3-21(4-6-22)13(24)11-16-7-17-20-11/h7-8H,1-6H2,(H,16,17,20)(H,18,19,23). The van der Waals surface area contributed by atoms with Crippen LogP contribution in [0.25, 0.3) is 0 Å². The fraction of sp³-hybridized carbons (Fsp3) is 0.500. The van der Waals surface area contributed by atoms with Crippen LogP contribution in [0.3, 0.4) is 0 Å². The van der Waals surface area contributed by atoms with Crippen molar-refractivity contribution in [1.82, 2.24) is 30.0 Å². The average Bonchev–Trinajstić information content (AvgIpc) is 3.30. The summed E-state index contributed by atoms with van der Waals surface area (Å²) in [6.45, 7) is 1.91. The molecular formula is C14H16FN7O2. The molecule has 1 aliphatic heterocycles. The van der Waals surface area contributed by atoms with Crippen LogP contribution >= 0.6 is 0 Å². The molecule has 0 unspecified atom stereocenters. The van der Waals surface area contributed by atoms with Crippen molar-refractivity contribution in [3.05, 3.63) is 34.0 Å². The van der Waals surface area contributed by atoms with E-state index >= 15 is 0 Å². The second kappa shape index (κ2) is 5.69. The van der Waals surface area contributed by atoms with Crippen molar-refractivity contribution in [2.75, 3.05) is 31.1 Å². The predicted molar refractivity (Wildman–Crippen MR) is 81.3 cm³/mol. The van der Waals surface area contributed by atoms with Crippen LogP contribution in [0.15, 0.2) is 11.1 Å². The molecule has 2 aliphatic rings. The van der Waals surface area contributed by atoms with E-state index in [4.69, 9.17) is 0 Å². The monoisotopic (exact) mass is 333 g/mol. The molecule has 0 atom stereocenters. The van der Waals surface area contributed by atoms with Gasteiger partial charge in [0.1, 0.15) is 6.33 Å². The van der Waals surface area contributed by atoms with Gasteiger partial charge in [0, 0.05) is 32.1 Å².